The average molecular weight is 88.1 g/mol. The molecule has 1 saturated heterocycles. The van der Waals surface area contributed by atoms with Crippen LogP contribution in [0.1, 0.15) is 0 Å². The summed E-state index contributed by atoms with van der Waals surface area (Å²) in [5, 5.41) is 3.50. The van der Waals surface area contributed by atoms with Gasteiger partial charge in [-0.05, 0) is 0 Å². The Morgan fingerprint density at radius 2 is 1.33 bits per heavy atom. The van der Waals surface area contributed by atoms with Gasteiger partial charge in [-0.25, -0.2) is 0 Å². The zero-order chi connectivity index (χ0) is 4.57. The molecule has 0 saturated carbocycles. The van der Waals surface area contributed by atoms with Crippen molar-refractivity contribution in [1.82, 2.24) is 21.3 Å². The lowest BCUT2D eigenvalue weighted by molar-refractivity contribution is -0.191. The Labute approximate surface area is 36.6 Å². The Morgan fingerprint density at radius 1 is 1.00 bits per heavy atom. The molecule has 0 aromatic carbocycles. The largest absolute Gasteiger partial charge is 0.159 e. The molecule has 0 bridgehead atoms. The number of hydrogen-bond acceptors (Lipinski definition) is 4. The fourth-order valence-corrected chi connectivity index (χ4v) is 0.450. The van der Waals surface area contributed by atoms with E-state index in [1.165, 1.54) is 0 Å². The second-order valence-electron chi connectivity index (χ2n) is 1.32. The first-order valence-corrected chi connectivity index (χ1v) is 1.79. The fourth-order valence-electron chi connectivity index (χ4n) is 0.450. The van der Waals surface area contributed by atoms with Gasteiger partial charge in [-0.15, -0.1) is 0 Å². The van der Waals surface area contributed by atoms with E-state index in [2.05, 4.69) is 11.1 Å². The summed E-state index contributed by atoms with van der Waals surface area (Å²) in [7, 11) is 3.78. The van der Waals surface area contributed by atoms with Crippen molar-refractivity contribution < 1.29 is 0 Å². The molecule has 0 aliphatic carbocycles. The highest BCUT2D eigenvalue weighted by Crippen LogP contribution is 1.79. The SMILES string of the molecule is CN1NN(C)N1. The molecule has 4 nitrogen and oxygen atoms in total. The molecule has 0 spiro atoms. The lowest BCUT2D eigenvalue weighted by atomic mass is 11.2. The van der Waals surface area contributed by atoms with Crippen molar-refractivity contribution in [3.05, 3.63) is 0 Å². The van der Waals surface area contributed by atoms with Crippen LogP contribution in [0.3, 0.4) is 0 Å². The average Bonchev–Trinajstić information content (AvgIpc) is 1.33. The van der Waals surface area contributed by atoms with E-state index in [-0.39, 0.29) is 0 Å². The van der Waals surface area contributed by atoms with E-state index in [1.54, 1.807) is 10.2 Å². The molecular weight excluding hydrogens is 80.0 g/mol. The van der Waals surface area contributed by atoms with Crippen LogP contribution in [0.5, 0.6) is 0 Å². The first kappa shape index (κ1) is 4.01. The van der Waals surface area contributed by atoms with Gasteiger partial charge in [0.2, 0.25) is 0 Å². The van der Waals surface area contributed by atoms with Crippen molar-refractivity contribution in [3.63, 3.8) is 0 Å². The lowest BCUT2D eigenvalue weighted by Gasteiger charge is -2.37. The molecule has 6 heavy (non-hydrogen) atoms. The van der Waals surface area contributed by atoms with E-state index in [0.29, 0.717) is 0 Å². The van der Waals surface area contributed by atoms with Crippen LogP contribution < -0.4 is 11.1 Å². The van der Waals surface area contributed by atoms with Gasteiger partial charge in [0.05, 0.1) is 0 Å². The van der Waals surface area contributed by atoms with Gasteiger partial charge in [-0.2, -0.15) is 21.3 Å². The number of nitrogens with one attached hydrogen (secondary N) is 2. The standard InChI is InChI=1S/C2H8N4/c1-5-3-6(2)4-5/h3-4H,1-2H3. The first-order valence-electron chi connectivity index (χ1n) is 1.79. The maximum Gasteiger partial charge on any atom is 0.0202 e. The van der Waals surface area contributed by atoms with Gasteiger partial charge in [-0.1, -0.05) is 0 Å². The zero-order valence-corrected chi connectivity index (χ0v) is 3.89. The molecule has 1 heterocycles. The quantitative estimate of drug-likeness (QED) is 0.385. The molecule has 1 aliphatic heterocycles. The number of hydrazine groups is 4. The van der Waals surface area contributed by atoms with E-state index in [9.17, 15) is 0 Å². The molecule has 0 aromatic heterocycles. The maximum atomic E-state index is 2.86. The first-order chi connectivity index (χ1) is 2.79. The molecule has 1 rings (SSSR count). The fraction of sp³-hybridized carbons (Fsp3) is 1.00. The topological polar surface area (TPSA) is 30.5 Å². The third kappa shape index (κ3) is 0.504. The molecule has 0 unspecified atom stereocenters. The van der Waals surface area contributed by atoms with Crippen molar-refractivity contribution in [2.45, 2.75) is 0 Å². The van der Waals surface area contributed by atoms with Crippen LogP contribution in [0.4, 0.5) is 0 Å². The summed E-state index contributed by atoms with van der Waals surface area (Å²) in [5.74, 6) is 0. The van der Waals surface area contributed by atoms with Crippen molar-refractivity contribution in [2.75, 3.05) is 14.1 Å². The second kappa shape index (κ2) is 1.16. The van der Waals surface area contributed by atoms with Gasteiger partial charge in [0.15, 0.2) is 0 Å². The Morgan fingerprint density at radius 3 is 1.33 bits per heavy atom. The van der Waals surface area contributed by atoms with Gasteiger partial charge >= 0.3 is 0 Å². The highest BCUT2D eigenvalue weighted by atomic mass is 16.1. The van der Waals surface area contributed by atoms with Gasteiger partial charge < -0.3 is 0 Å². The van der Waals surface area contributed by atoms with Gasteiger partial charge in [-0.3, -0.25) is 0 Å². The highest BCUT2D eigenvalue weighted by molar-refractivity contribution is 4.33. The van der Waals surface area contributed by atoms with Crippen LogP contribution in [0, 0.1) is 0 Å². The molecule has 0 radical (unpaired) electrons. The minimum atomic E-state index is 1.75. The van der Waals surface area contributed by atoms with Crippen LogP contribution in [0.25, 0.3) is 0 Å². The Kier molecular flexibility index (Phi) is 0.776. The molecule has 0 aromatic rings. The van der Waals surface area contributed by atoms with Crippen molar-refractivity contribution in [1.29, 1.82) is 0 Å². The van der Waals surface area contributed by atoms with Gasteiger partial charge in [0.1, 0.15) is 0 Å². The molecule has 0 atom stereocenters. The minimum absolute atomic E-state index is 1.75. The summed E-state index contributed by atoms with van der Waals surface area (Å²) in [4.78, 5) is 0. The van der Waals surface area contributed by atoms with Crippen LogP contribution >= 0.6 is 0 Å². The summed E-state index contributed by atoms with van der Waals surface area (Å²) < 4.78 is 0. The monoisotopic (exact) mass is 88.1 g/mol. The number of hydrogen-bond donors (Lipinski definition) is 2. The summed E-state index contributed by atoms with van der Waals surface area (Å²) in [6.45, 7) is 0. The maximum absolute atomic E-state index is 2.86. The smallest absolute Gasteiger partial charge is 0.0202 e. The van der Waals surface area contributed by atoms with Crippen molar-refractivity contribution >= 4 is 0 Å². The predicted molar refractivity (Wildman–Crippen MR) is 21.8 cm³/mol. The summed E-state index contributed by atoms with van der Waals surface area (Å²) in [6, 6.07) is 0. The molecule has 1 aliphatic rings. The Hall–Kier alpha value is -0.160. The van der Waals surface area contributed by atoms with Crippen molar-refractivity contribution in [3.8, 4) is 0 Å². The number of rotatable bonds is 0. The highest BCUT2D eigenvalue weighted by Gasteiger charge is 2.10. The third-order valence-corrected chi connectivity index (χ3v) is 0.600. The molecule has 0 amide bonds. The molecule has 36 valence electrons. The zero-order valence-electron chi connectivity index (χ0n) is 3.89. The Balaban J connectivity index is 2.11. The number of nitrogens with zero attached hydrogens (tertiary/aromatic N) is 2. The minimum Gasteiger partial charge on any atom is -0.159 e. The molecule has 2 N–H and O–H groups in total. The lowest BCUT2D eigenvalue weighted by Crippen LogP contribution is -2.71. The Bertz CT molecular complexity index is 41.5. The van der Waals surface area contributed by atoms with E-state index in [0.717, 1.165) is 0 Å². The van der Waals surface area contributed by atoms with E-state index in [1.807, 2.05) is 14.1 Å². The van der Waals surface area contributed by atoms with Crippen LogP contribution in [0.15, 0.2) is 0 Å². The summed E-state index contributed by atoms with van der Waals surface area (Å²) in [6.07, 6.45) is 0. The van der Waals surface area contributed by atoms with Crippen LogP contribution in [-0.2, 0) is 0 Å². The predicted octanol–water partition coefficient (Wildman–Crippen LogP) is -1.30. The van der Waals surface area contributed by atoms with Gasteiger partial charge in [0.25, 0.3) is 0 Å². The van der Waals surface area contributed by atoms with E-state index in [4.69, 9.17) is 0 Å². The molecular formula is C2H8N4. The van der Waals surface area contributed by atoms with Crippen molar-refractivity contribution in [2.24, 2.45) is 0 Å². The van der Waals surface area contributed by atoms with Gasteiger partial charge in [0, 0.05) is 14.1 Å². The molecule has 4 heteroatoms. The summed E-state index contributed by atoms with van der Waals surface area (Å²) in [5.41, 5.74) is 5.72. The van der Waals surface area contributed by atoms with Crippen LogP contribution in [0.2, 0.25) is 0 Å². The third-order valence-electron chi connectivity index (χ3n) is 0.600. The van der Waals surface area contributed by atoms with E-state index >= 15 is 0 Å². The van der Waals surface area contributed by atoms with E-state index < -0.39 is 0 Å². The summed E-state index contributed by atoms with van der Waals surface area (Å²) >= 11 is 0. The van der Waals surface area contributed by atoms with Crippen LogP contribution in [-0.4, -0.2) is 24.3 Å². The normalized spacial score (nSPS) is 27.0. The molecule has 1 fully saturated rings. The second-order valence-corrected chi connectivity index (χ2v) is 1.32.